The number of likely N-dealkylation sites (N-methyl/N-ethyl adjacent to an activating group) is 1. The Kier molecular flexibility index (Phi) is 4.75. The average molecular weight is 347 g/mol. The average Bonchev–Trinajstić information content (AvgIpc) is 2.34. The second-order valence-electron chi connectivity index (χ2n) is 4.93. The Morgan fingerprint density at radius 2 is 1.95 bits per heavy atom. The van der Waals surface area contributed by atoms with E-state index in [4.69, 9.17) is 5.11 Å². The van der Waals surface area contributed by atoms with Crippen molar-refractivity contribution < 1.29 is 19.1 Å². The predicted octanol–water partition coefficient (Wildman–Crippen LogP) is 3.22. The fourth-order valence-electron chi connectivity index (χ4n) is 1.38. The van der Waals surface area contributed by atoms with E-state index in [0.29, 0.717) is 11.3 Å². The van der Waals surface area contributed by atoms with E-state index in [-0.39, 0.29) is 4.47 Å². The van der Waals surface area contributed by atoms with Crippen LogP contribution in [0.4, 0.5) is 14.9 Å². The van der Waals surface area contributed by atoms with E-state index in [2.05, 4.69) is 21.2 Å². The molecule has 2 N–H and O–H groups in total. The van der Waals surface area contributed by atoms with E-state index in [1.807, 2.05) is 0 Å². The molecule has 0 aromatic heterocycles. The van der Waals surface area contributed by atoms with E-state index in [9.17, 15) is 14.0 Å². The van der Waals surface area contributed by atoms with Gasteiger partial charge in [-0.05, 0) is 54.4 Å². The van der Waals surface area contributed by atoms with Crippen molar-refractivity contribution in [3.8, 4) is 0 Å². The molecule has 2 amide bonds. The minimum atomic E-state index is -1.35. The number of aliphatic carboxylic acids is 1. The number of anilines is 1. The molecule has 0 spiro atoms. The van der Waals surface area contributed by atoms with Crippen molar-refractivity contribution >= 4 is 33.6 Å². The summed E-state index contributed by atoms with van der Waals surface area (Å²) in [6.07, 6.45) is 0. The smallest absolute Gasteiger partial charge is 0.329 e. The first-order chi connectivity index (χ1) is 9.07. The molecule has 0 heterocycles. The Balaban J connectivity index is 2.97. The van der Waals surface area contributed by atoms with Gasteiger partial charge < -0.3 is 15.3 Å². The summed E-state index contributed by atoms with van der Waals surface area (Å²) in [6.45, 7) is 4.48. The highest BCUT2D eigenvalue weighted by Gasteiger charge is 2.35. The standard InChI is InChI=1S/C13H16BrFN2O3/c1-7-5-9(15)8(14)6-10(7)16-12(20)17(4)13(2,3)11(18)19/h5-6H,1-4H3,(H,16,20)(H,18,19). The molecule has 20 heavy (non-hydrogen) atoms. The number of benzene rings is 1. The first kappa shape index (κ1) is 16.4. The highest BCUT2D eigenvalue weighted by molar-refractivity contribution is 9.10. The Labute approximate surface area is 124 Å². The molecule has 0 fully saturated rings. The van der Waals surface area contributed by atoms with Crippen LogP contribution in [-0.2, 0) is 4.79 Å². The number of nitrogens with one attached hydrogen (secondary N) is 1. The summed E-state index contributed by atoms with van der Waals surface area (Å²) in [7, 11) is 1.39. The summed E-state index contributed by atoms with van der Waals surface area (Å²) < 4.78 is 13.5. The van der Waals surface area contributed by atoms with Gasteiger partial charge in [-0.25, -0.2) is 14.0 Å². The first-order valence-corrected chi connectivity index (χ1v) is 6.60. The van der Waals surface area contributed by atoms with Crippen molar-refractivity contribution in [2.75, 3.05) is 12.4 Å². The third-order valence-corrected chi connectivity index (χ3v) is 3.78. The summed E-state index contributed by atoms with van der Waals surface area (Å²) in [4.78, 5) is 24.2. The Morgan fingerprint density at radius 1 is 1.40 bits per heavy atom. The number of carbonyl (C=O) groups is 2. The van der Waals surface area contributed by atoms with Crippen LogP contribution in [0.3, 0.4) is 0 Å². The Morgan fingerprint density at radius 3 is 2.45 bits per heavy atom. The summed E-state index contributed by atoms with van der Waals surface area (Å²) >= 11 is 3.04. The van der Waals surface area contributed by atoms with Crippen LogP contribution in [0.2, 0.25) is 0 Å². The summed E-state index contributed by atoms with van der Waals surface area (Å²) in [5.74, 6) is -1.55. The summed E-state index contributed by atoms with van der Waals surface area (Å²) in [5.41, 5.74) is -0.396. The number of rotatable bonds is 3. The van der Waals surface area contributed by atoms with Crippen LogP contribution in [0.5, 0.6) is 0 Å². The second kappa shape index (κ2) is 5.78. The van der Waals surface area contributed by atoms with Gasteiger partial charge in [0, 0.05) is 12.7 Å². The van der Waals surface area contributed by atoms with Crippen LogP contribution in [0.25, 0.3) is 0 Å². The molecule has 0 aliphatic rings. The summed E-state index contributed by atoms with van der Waals surface area (Å²) in [6, 6.07) is 2.13. The fourth-order valence-corrected chi connectivity index (χ4v) is 1.72. The van der Waals surface area contributed by atoms with E-state index in [1.165, 1.54) is 33.0 Å². The lowest BCUT2D eigenvalue weighted by molar-refractivity contribution is -0.146. The van der Waals surface area contributed by atoms with Gasteiger partial charge in [0.15, 0.2) is 0 Å². The molecule has 1 aromatic rings. The molecule has 0 atom stereocenters. The minimum Gasteiger partial charge on any atom is -0.480 e. The van der Waals surface area contributed by atoms with Crippen molar-refractivity contribution in [3.63, 3.8) is 0 Å². The fraction of sp³-hybridized carbons (Fsp3) is 0.385. The Hall–Kier alpha value is -1.63. The van der Waals surface area contributed by atoms with Crippen LogP contribution in [0.15, 0.2) is 16.6 Å². The topological polar surface area (TPSA) is 69.6 Å². The normalized spacial score (nSPS) is 11.1. The van der Waals surface area contributed by atoms with E-state index in [0.717, 1.165) is 4.90 Å². The highest BCUT2D eigenvalue weighted by atomic mass is 79.9. The highest BCUT2D eigenvalue weighted by Crippen LogP contribution is 2.25. The van der Waals surface area contributed by atoms with E-state index >= 15 is 0 Å². The van der Waals surface area contributed by atoms with Crippen LogP contribution in [-0.4, -0.2) is 34.6 Å². The number of halogens is 2. The first-order valence-electron chi connectivity index (χ1n) is 5.81. The maximum atomic E-state index is 13.3. The molecule has 1 rings (SSSR count). The zero-order chi connectivity index (χ0) is 15.7. The van der Waals surface area contributed by atoms with Crippen LogP contribution < -0.4 is 5.32 Å². The van der Waals surface area contributed by atoms with Crippen molar-refractivity contribution in [2.45, 2.75) is 26.3 Å². The van der Waals surface area contributed by atoms with Gasteiger partial charge >= 0.3 is 12.0 Å². The lowest BCUT2D eigenvalue weighted by Crippen LogP contribution is -2.52. The van der Waals surface area contributed by atoms with Crippen molar-refractivity contribution in [1.82, 2.24) is 4.90 Å². The number of carboxylic acids is 1. The molecule has 0 aliphatic heterocycles. The monoisotopic (exact) mass is 346 g/mol. The van der Waals surface area contributed by atoms with E-state index < -0.39 is 23.4 Å². The minimum absolute atomic E-state index is 0.221. The lowest BCUT2D eigenvalue weighted by atomic mass is 10.0. The van der Waals surface area contributed by atoms with Crippen molar-refractivity contribution in [1.29, 1.82) is 0 Å². The number of urea groups is 1. The molecule has 0 unspecified atom stereocenters. The number of hydrogen-bond donors (Lipinski definition) is 2. The molecular weight excluding hydrogens is 331 g/mol. The maximum Gasteiger partial charge on any atom is 0.329 e. The zero-order valence-corrected chi connectivity index (χ0v) is 13.2. The van der Waals surface area contributed by atoms with Gasteiger partial charge in [-0.3, -0.25) is 0 Å². The number of carbonyl (C=O) groups excluding carboxylic acids is 1. The van der Waals surface area contributed by atoms with Gasteiger partial charge in [-0.1, -0.05) is 0 Å². The zero-order valence-electron chi connectivity index (χ0n) is 11.6. The van der Waals surface area contributed by atoms with Gasteiger partial charge in [0.1, 0.15) is 11.4 Å². The van der Waals surface area contributed by atoms with Crippen LogP contribution in [0.1, 0.15) is 19.4 Å². The van der Waals surface area contributed by atoms with Crippen molar-refractivity contribution in [2.24, 2.45) is 0 Å². The van der Waals surface area contributed by atoms with Crippen molar-refractivity contribution in [3.05, 3.63) is 28.0 Å². The molecule has 1 aromatic carbocycles. The molecule has 0 aliphatic carbocycles. The predicted molar refractivity (Wildman–Crippen MR) is 77.3 cm³/mol. The summed E-state index contributed by atoms with van der Waals surface area (Å²) in [5, 5.41) is 11.6. The second-order valence-corrected chi connectivity index (χ2v) is 5.79. The lowest BCUT2D eigenvalue weighted by Gasteiger charge is -2.31. The van der Waals surface area contributed by atoms with Gasteiger partial charge in [-0.15, -0.1) is 0 Å². The third-order valence-electron chi connectivity index (χ3n) is 3.18. The number of aryl methyl sites for hydroxylation is 1. The maximum absolute atomic E-state index is 13.3. The van der Waals surface area contributed by atoms with Crippen LogP contribution >= 0.6 is 15.9 Å². The van der Waals surface area contributed by atoms with Gasteiger partial charge in [-0.2, -0.15) is 0 Å². The van der Waals surface area contributed by atoms with E-state index in [1.54, 1.807) is 6.92 Å². The Bertz CT molecular complexity index is 561. The molecule has 0 bridgehead atoms. The number of hydrogen-bond acceptors (Lipinski definition) is 2. The van der Waals surface area contributed by atoms with Gasteiger partial charge in [0.25, 0.3) is 0 Å². The third kappa shape index (κ3) is 3.27. The molecule has 5 nitrogen and oxygen atoms in total. The molecule has 110 valence electrons. The molecular formula is C13H16BrFN2O3. The van der Waals surface area contributed by atoms with Crippen LogP contribution in [0, 0.1) is 12.7 Å². The largest absolute Gasteiger partial charge is 0.480 e. The molecule has 0 saturated heterocycles. The number of carboxylic acid groups (broad SMARTS) is 1. The van der Waals surface area contributed by atoms with Gasteiger partial charge in [0.05, 0.1) is 4.47 Å². The number of nitrogens with zero attached hydrogens (tertiary/aromatic N) is 1. The molecule has 7 heteroatoms. The molecule has 0 saturated carbocycles. The quantitative estimate of drug-likeness (QED) is 0.882. The SMILES string of the molecule is Cc1cc(F)c(Br)cc1NC(=O)N(C)C(C)(C)C(=O)O. The molecule has 0 radical (unpaired) electrons. The number of amides is 2. The van der Waals surface area contributed by atoms with Gasteiger partial charge in [0.2, 0.25) is 0 Å².